The van der Waals surface area contributed by atoms with Crippen molar-refractivity contribution in [2.24, 2.45) is 5.92 Å². The molecule has 3 atom stereocenters. The molecular weight excluding hydrogens is 296 g/mol. The number of hydrogen-bond donors (Lipinski definition) is 1. The van der Waals surface area contributed by atoms with Crippen molar-refractivity contribution in [1.29, 1.82) is 0 Å². The van der Waals surface area contributed by atoms with E-state index in [2.05, 4.69) is 15.2 Å². The van der Waals surface area contributed by atoms with Crippen molar-refractivity contribution in [2.75, 3.05) is 31.6 Å². The molecule has 4 rings (SSSR count). The number of rotatable bonds is 4. The van der Waals surface area contributed by atoms with Gasteiger partial charge < -0.3 is 14.6 Å². The standard InChI is InChI=1S/C16H18N4O3/c1-19(9-21)15-4-11-6-17-12(5-14(11)23-15)16(22)18-13-8-20-3-2-10(13)7-20/h4-6,9-10,13H,2-3,7-8H2,1H3,(H,18,22). The Morgan fingerprint density at radius 3 is 3.04 bits per heavy atom. The lowest BCUT2D eigenvalue weighted by Gasteiger charge is -2.22. The van der Waals surface area contributed by atoms with Crippen LogP contribution < -0.4 is 10.2 Å². The molecule has 2 bridgehead atoms. The summed E-state index contributed by atoms with van der Waals surface area (Å²) in [7, 11) is 1.61. The molecule has 0 spiro atoms. The molecule has 120 valence electrons. The number of pyridine rings is 1. The van der Waals surface area contributed by atoms with Crippen LogP contribution in [0.4, 0.5) is 5.88 Å². The number of fused-ring (bicyclic) bond motifs is 3. The maximum atomic E-state index is 12.4. The van der Waals surface area contributed by atoms with Gasteiger partial charge in [0.05, 0.1) is 0 Å². The summed E-state index contributed by atoms with van der Waals surface area (Å²) in [5, 5.41) is 3.84. The number of piperidine rings is 1. The van der Waals surface area contributed by atoms with Gasteiger partial charge in [-0.1, -0.05) is 0 Å². The van der Waals surface area contributed by atoms with Gasteiger partial charge in [-0.2, -0.15) is 0 Å². The average Bonchev–Trinajstić information content (AvgIpc) is 3.27. The van der Waals surface area contributed by atoms with E-state index in [0.29, 0.717) is 29.5 Å². The van der Waals surface area contributed by atoms with E-state index < -0.39 is 0 Å². The second kappa shape index (κ2) is 5.34. The van der Waals surface area contributed by atoms with Crippen molar-refractivity contribution in [3.8, 4) is 0 Å². The maximum Gasteiger partial charge on any atom is 0.270 e. The summed E-state index contributed by atoms with van der Waals surface area (Å²) in [5.74, 6) is 0.807. The van der Waals surface area contributed by atoms with E-state index >= 15 is 0 Å². The highest BCUT2D eigenvalue weighted by Gasteiger charge is 2.38. The lowest BCUT2D eigenvalue weighted by molar-refractivity contribution is -0.107. The van der Waals surface area contributed by atoms with Gasteiger partial charge >= 0.3 is 0 Å². The first kappa shape index (κ1) is 14.2. The van der Waals surface area contributed by atoms with E-state index in [4.69, 9.17) is 4.42 Å². The number of hydrogen-bond acceptors (Lipinski definition) is 5. The quantitative estimate of drug-likeness (QED) is 0.847. The Balaban J connectivity index is 1.54. The minimum Gasteiger partial charge on any atom is -0.440 e. The van der Waals surface area contributed by atoms with E-state index in [1.54, 1.807) is 25.4 Å². The molecule has 4 heterocycles. The first-order valence-electron chi connectivity index (χ1n) is 7.75. The lowest BCUT2D eigenvalue weighted by Crippen LogP contribution is -2.43. The van der Waals surface area contributed by atoms with Crippen LogP contribution in [0.2, 0.25) is 0 Å². The topological polar surface area (TPSA) is 78.7 Å². The van der Waals surface area contributed by atoms with Crippen LogP contribution in [0.25, 0.3) is 11.0 Å². The molecule has 2 amide bonds. The largest absolute Gasteiger partial charge is 0.440 e. The second-order valence-corrected chi connectivity index (χ2v) is 6.30. The molecule has 2 aromatic heterocycles. The molecule has 0 saturated carbocycles. The first-order valence-corrected chi connectivity index (χ1v) is 7.75. The third-order valence-corrected chi connectivity index (χ3v) is 4.78. The van der Waals surface area contributed by atoms with Crippen LogP contribution in [0.15, 0.2) is 22.7 Å². The molecule has 7 nitrogen and oxygen atoms in total. The number of amides is 2. The Morgan fingerprint density at radius 1 is 1.48 bits per heavy atom. The SMILES string of the molecule is CN(C=O)c1cc2cnc(C(=O)NC3CN4CCC3C4)cc2o1. The third-order valence-electron chi connectivity index (χ3n) is 4.78. The fraction of sp³-hybridized carbons (Fsp3) is 0.438. The van der Waals surface area contributed by atoms with Gasteiger partial charge in [0, 0.05) is 49.9 Å². The molecule has 7 heteroatoms. The van der Waals surface area contributed by atoms with Crippen LogP contribution in [0.1, 0.15) is 16.9 Å². The molecular formula is C16H18N4O3. The maximum absolute atomic E-state index is 12.4. The molecule has 2 aromatic rings. The van der Waals surface area contributed by atoms with Crippen molar-refractivity contribution in [1.82, 2.24) is 15.2 Å². The second-order valence-electron chi connectivity index (χ2n) is 6.30. The van der Waals surface area contributed by atoms with E-state index in [-0.39, 0.29) is 11.9 Å². The Hall–Kier alpha value is -2.41. The van der Waals surface area contributed by atoms with Gasteiger partial charge in [0.2, 0.25) is 12.3 Å². The monoisotopic (exact) mass is 314 g/mol. The molecule has 2 aliphatic rings. The Labute approximate surface area is 133 Å². The number of carbonyl (C=O) groups excluding carboxylic acids is 2. The number of furan rings is 1. The zero-order valence-electron chi connectivity index (χ0n) is 12.9. The summed E-state index contributed by atoms with van der Waals surface area (Å²) in [6.07, 6.45) is 3.42. The van der Waals surface area contributed by atoms with Crippen molar-refractivity contribution in [2.45, 2.75) is 12.5 Å². The minimum absolute atomic E-state index is 0.174. The predicted octanol–water partition coefficient (Wildman–Crippen LogP) is 0.854. The number of aromatic nitrogens is 1. The van der Waals surface area contributed by atoms with E-state index in [1.807, 2.05) is 0 Å². The fourth-order valence-corrected chi connectivity index (χ4v) is 3.46. The van der Waals surface area contributed by atoms with E-state index in [1.165, 1.54) is 4.90 Å². The summed E-state index contributed by atoms with van der Waals surface area (Å²) in [6.45, 7) is 3.14. The smallest absolute Gasteiger partial charge is 0.270 e. The van der Waals surface area contributed by atoms with Gasteiger partial charge in [0.15, 0.2) is 0 Å². The summed E-state index contributed by atoms with van der Waals surface area (Å²) < 4.78 is 5.60. The van der Waals surface area contributed by atoms with Gasteiger partial charge in [-0.3, -0.25) is 19.5 Å². The zero-order valence-corrected chi connectivity index (χ0v) is 12.9. The number of nitrogens with one attached hydrogen (secondary N) is 1. The van der Waals surface area contributed by atoms with Gasteiger partial charge in [0.1, 0.15) is 11.3 Å². The van der Waals surface area contributed by atoms with Crippen molar-refractivity contribution in [3.63, 3.8) is 0 Å². The first-order chi connectivity index (χ1) is 11.1. The molecule has 0 aliphatic carbocycles. The van der Waals surface area contributed by atoms with Gasteiger partial charge in [-0.15, -0.1) is 0 Å². The summed E-state index contributed by atoms with van der Waals surface area (Å²) >= 11 is 0. The van der Waals surface area contributed by atoms with Gasteiger partial charge in [-0.25, -0.2) is 0 Å². The van der Waals surface area contributed by atoms with E-state index in [9.17, 15) is 9.59 Å². The number of nitrogens with zero attached hydrogens (tertiary/aromatic N) is 3. The van der Waals surface area contributed by atoms with Crippen LogP contribution in [-0.4, -0.2) is 54.9 Å². The molecule has 1 N–H and O–H groups in total. The van der Waals surface area contributed by atoms with Crippen LogP contribution in [0, 0.1) is 5.92 Å². The molecule has 2 saturated heterocycles. The highest BCUT2D eigenvalue weighted by molar-refractivity contribution is 5.96. The summed E-state index contributed by atoms with van der Waals surface area (Å²) in [6, 6.07) is 3.56. The number of carbonyl (C=O) groups is 2. The molecule has 3 unspecified atom stereocenters. The molecule has 23 heavy (non-hydrogen) atoms. The fourth-order valence-electron chi connectivity index (χ4n) is 3.46. The zero-order chi connectivity index (χ0) is 16.0. The van der Waals surface area contributed by atoms with Gasteiger partial charge in [0.25, 0.3) is 5.91 Å². The Morgan fingerprint density at radius 2 is 2.35 bits per heavy atom. The predicted molar refractivity (Wildman–Crippen MR) is 84.3 cm³/mol. The summed E-state index contributed by atoms with van der Waals surface area (Å²) in [5.41, 5.74) is 0.885. The average molecular weight is 314 g/mol. The van der Waals surface area contributed by atoms with E-state index in [0.717, 1.165) is 31.4 Å². The van der Waals surface area contributed by atoms with Crippen LogP contribution >= 0.6 is 0 Å². The van der Waals surface area contributed by atoms with Crippen molar-refractivity contribution < 1.29 is 14.0 Å². The Kier molecular flexibility index (Phi) is 3.30. The van der Waals surface area contributed by atoms with Crippen molar-refractivity contribution >= 4 is 29.2 Å². The highest BCUT2D eigenvalue weighted by atomic mass is 16.4. The molecule has 2 aliphatic heterocycles. The van der Waals surface area contributed by atoms with Crippen LogP contribution in [-0.2, 0) is 4.79 Å². The van der Waals surface area contributed by atoms with Crippen LogP contribution in [0.5, 0.6) is 0 Å². The highest BCUT2D eigenvalue weighted by Crippen LogP contribution is 2.28. The Bertz CT molecular complexity index is 772. The van der Waals surface area contributed by atoms with Gasteiger partial charge in [-0.05, 0) is 18.9 Å². The molecule has 0 aromatic carbocycles. The number of anilines is 1. The van der Waals surface area contributed by atoms with Crippen LogP contribution in [0.3, 0.4) is 0 Å². The lowest BCUT2D eigenvalue weighted by atomic mass is 10.00. The van der Waals surface area contributed by atoms with Crippen molar-refractivity contribution in [3.05, 3.63) is 24.0 Å². The molecule has 2 fully saturated rings. The normalized spacial score (nSPS) is 25.7. The minimum atomic E-state index is -0.174. The molecule has 0 radical (unpaired) electrons. The summed E-state index contributed by atoms with van der Waals surface area (Å²) in [4.78, 5) is 31.1. The third kappa shape index (κ3) is 2.46.